The number of nitrogens with zero attached hydrogens (tertiary/aromatic N) is 3. The maximum absolute atomic E-state index is 5.35. The molecule has 0 unspecified atom stereocenters. The number of hydrogen-bond donors (Lipinski definition) is 2. The van der Waals surface area contributed by atoms with Gasteiger partial charge in [-0.3, -0.25) is 4.99 Å². The third-order valence-electron chi connectivity index (χ3n) is 3.39. The molecule has 2 N–H and O–H groups in total. The summed E-state index contributed by atoms with van der Waals surface area (Å²) >= 11 is 0. The van der Waals surface area contributed by atoms with E-state index >= 15 is 0 Å². The summed E-state index contributed by atoms with van der Waals surface area (Å²) in [5.41, 5.74) is 0.952. The van der Waals surface area contributed by atoms with Gasteiger partial charge >= 0.3 is 0 Å². The molecule has 9 nitrogen and oxygen atoms in total. The van der Waals surface area contributed by atoms with E-state index in [1.54, 1.807) is 35.3 Å². The minimum atomic E-state index is 0. The Kier molecular flexibility index (Phi) is 8.96. The lowest BCUT2D eigenvalue weighted by Crippen LogP contribution is -2.36. The smallest absolute Gasteiger partial charge is 0.223 e. The van der Waals surface area contributed by atoms with Crippen LogP contribution in [0, 0.1) is 6.92 Å². The van der Waals surface area contributed by atoms with E-state index < -0.39 is 0 Å². The molecule has 0 atom stereocenters. The number of guanidine groups is 1. The molecule has 2 aromatic rings. The van der Waals surface area contributed by atoms with Gasteiger partial charge in [-0.05, 0) is 17.7 Å². The maximum atomic E-state index is 5.35. The Morgan fingerprint density at radius 2 is 1.69 bits per heavy atom. The first-order chi connectivity index (χ1) is 12.1. The highest BCUT2D eigenvalue weighted by Crippen LogP contribution is 2.38. The summed E-state index contributed by atoms with van der Waals surface area (Å²) < 4.78 is 21.0. The van der Waals surface area contributed by atoms with Gasteiger partial charge < -0.3 is 29.4 Å². The Labute approximate surface area is 169 Å². The lowest BCUT2D eigenvalue weighted by molar-refractivity contribution is 0.323. The van der Waals surface area contributed by atoms with Gasteiger partial charge in [0.25, 0.3) is 0 Å². The summed E-state index contributed by atoms with van der Waals surface area (Å²) in [5, 5.41) is 10.1. The molecular formula is C16H24IN5O4. The number of benzene rings is 1. The second kappa shape index (κ2) is 10.7. The van der Waals surface area contributed by atoms with Crippen LogP contribution in [0.3, 0.4) is 0 Å². The summed E-state index contributed by atoms with van der Waals surface area (Å²) in [6, 6.07) is 3.76. The Morgan fingerprint density at radius 3 is 2.15 bits per heavy atom. The van der Waals surface area contributed by atoms with E-state index in [4.69, 9.17) is 18.7 Å². The minimum absolute atomic E-state index is 0. The van der Waals surface area contributed by atoms with Crippen LogP contribution in [0.2, 0.25) is 0 Å². The summed E-state index contributed by atoms with van der Waals surface area (Å²) in [4.78, 5) is 8.29. The molecule has 0 radical (unpaired) electrons. The van der Waals surface area contributed by atoms with Gasteiger partial charge in [0.1, 0.15) is 0 Å². The van der Waals surface area contributed by atoms with Gasteiger partial charge in [0.15, 0.2) is 23.3 Å². The Morgan fingerprint density at radius 1 is 1.08 bits per heavy atom. The molecule has 1 heterocycles. The monoisotopic (exact) mass is 477 g/mol. The largest absolute Gasteiger partial charge is 0.493 e. The van der Waals surface area contributed by atoms with E-state index in [1.807, 2.05) is 12.1 Å². The number of nitrogens with one attached hydrogen (secondary N) is 2. The van der Waals surface area contributed by atoms with E-state index in [0.29, 0.717) is 48.0 Å². The standard InChI is InChI=1S/C16H23N5O4.HI/c1-10-20-14(21-25-10)9-19-16(17-2)18-8-11-6-12(22-3)15(24-5)13(7-11)23-4;/h6-7H,8-9H2,1-5H3,(H2,17,18,19);1H. The molecule has 1 aromatic carbocycles. The van der Waals surface area contributed by atoms with E-state index in [9.17, 15) is 0 Å². The Bertz CT molecular complexity index is 710. The molecule has 0 fully saturated rings. The van der Waals surface area contributed by atoms with Gasteiger partial charge in [-0.2, -0.15) is 4.98 Å². The van der Waals surface area contributed by atoms with E-state index in [1.165, 1.54) is 0 Å². The Balaban J connectivity index is 0.00000338. The highest BCUT2D eigenvalue weighted by Gasteiger charge is 2.13. The highest BCUT2D eigenvalue weighted by atomic mass is 127. The molecule has 26 heavy (non-hydrogen) atoms. The second-order valence-corrected chi connectivity index (χ2v) is 5.04. The summed E-state index contributed by atoms with van der Waals surface area (Å²) in [7, 11) is 6.43. The van der Waals surface area contributed by atoms with Gasteiger partial charge in [0.2, 0.25) is 11.6 Å². The first-order valence-electron chi connectivity index (χ1n) is 7.63. The van der Waals surface area contributed by atoms with E-state index in [0.717, 1.165) is 5.56 Å². The quantitative estimate of drug-likeness (QED) is 0.354. The van der Waals surface area contributed by atoms with Crippen LogP contribution in [0.1, 0.15) is 17.3 Å². The van der Waals surface area contributed by atoms with Crippen molar-refractivity contribution >= 4 is 29.9 Å². The van der Waals surface area contributed by atoms with Gasteiger partial charge in [0, 0.05) is 20.5 Å². The molecule has 0 aliphatic heterocycles. The van der Waals surface area contributed by atoms with E-state index in [-0.39, 0.29) is 24.0 Å². The maximum Gasteiger partial charge on any atom is 0.223 e. The van der Waals surface area contributed by atoms with Crippen LogP contribution in [0.15, 0.2) is 21.6 Å². The van der Waals surface area contributed by atoms with Crippen molar-refractivity contribution in [3.8, 4) is 17.2 Å². The summed E-state index contributed by atoms with van der Waals surface area (Å²) in [6.45, 7) is 2.67. The molecule has 10 heteroatoms. The lowest BCUT2D eigenvalue weighted by atomic mass is 10.2. The molecule has 2 rings (SSSR count). The average molecular weight is 477 g/mol. The highest BCUT2D eigenvalue weighted by molar-refractivity contribution is 14.0. The number of aromatic nitrogens is 2. The topological polar surface area (TPSA) is 103 Å². The minimum Gasteiger partial charge on any atom is -0.493 e. The zero-order chi connectivity index (χ0) is 18.2. The summed E-state index contributed by atoms with van der Waals surface area (Å²) in [6.07, 6.45) is 0. The van der Waals surface area contributed by atoms with Crippen LogP contribution in [0.5, 0.6) is 17.2 Å². The molecule has 0 aliphatic carbocycles. The number of ether oxygens (including phenoxy) is 3. The van der Waals surface area contributed by atoms with Gasteiger partial charge in [-0.25, -0.2) is 0 Å². The van der Waals surface area contributed by atoms with Crippen molar-refractivity contribution in [2.24, 2.45) is 4.99 Å². The van der Waals surface area contributed by atoms with Gasteiger partial charge in [-0.15, -0.1) is 24.0 Å². The van der Waals surface area contributed by atoms with Crippen LogP contribution < -0.4 is 24.8 Å². The van der Waals surface area contributed by atoms with Crippen molar-refractivity contribution in [2.75, 3.05) is 28.4 Å². The molecule has 0 aliphatic rings. The van der Waals surface area contributed by atoms with Crippen molar-refractivity contribution in [3.05, 3.63) is 29.4 Å². The number of rotatable bonds is 7. The lowest BCUT2D eigenvalue weighted by Gasteiger charge is -2.15. The van der Waals surface area contributed by atoms with Crippen molar-refractivity contribution in [1.29, 1.82) is 0 Å². The predicted molar refractivity (Wildman–Crippen MR) is 108 cm³/mol. The van der Waals surface area contributed by atoms with E-state index in [2.05, 4.69) is 25.8 Å². The number of aryl methyl sites for hydroxylation is 1. The fourth-order valence-electron chi connectivity index (χ4n) is 2.22. The number of hydrogen-bond acceptors (Lipinski definition) is 7. The number of methoxy groups -OCH3 is 3. The van der Waals surface area contributed by atoms with Crippen molar-refractivity contribution in [3.63, 3.8) is 0 Å². The van der Waals surface area contributed by atoms with Crippen LogP contribution in [0.4, 0.5) is 0 Å². The molecule has 0 amide bonds. The van der Waals surface area contributed by atoms with Crippen LogP contribution >= 0.6 is 24.0 Å². The van der Waals surface area contributed by atoms with Gasteiger partial charge in [-0.1, -0.05) is 5.16 Å². The molecule has 1 aromatic heterocycles. The van der Waals surface area contributed by atoms with Crippen LogP contribution in [0.25, 0.3) is 0 Å². The van der Waals surface area contributed by atoms with Crippen LogP contribution in [-0.2, 0) is 13.1 Å². The fourth-order valence-corrected chi connectivity index (χ4v) is 2.22. The first kappa shape index (κ1) is 21.8. The zero-order valence-corrected chi connectivity index (χ0v) is 17.8. The Hall–Kier alpha value is -2.24. The number of halogens is 1. The molecule has 0 saturated heterocycles. The SMILES string of the molecule is CN=C(NCc1cc(OC)c(OC)c(OC)c1)NCc1noc(C)n1.I. The molecule has 0 saturated carbocycles. The zero-order valence-electron chi connectivity index (χ0n) is 15.5. The molecular weight excluding hydrogens is 453 g/mol. The second-order valence-electron chi connectivity index (χ2n) is 5.04. The fraction of sp³-hybridized carbons (Fsp3) is 0.438. The molecule has 144 valence electrons. The number of aliphatic imine (C=N–C) groups is 1. The first-order valence-corrected chi connectivity index (χ1v) is 7.63. The summed E-state index contributed by atoms with van der Waals surface area (Å²) in [5.74, 6) is 3.46. The predicted octanol–water partition coefficient (Wildman–Crippen LogP) is 1.89. The van der Waals surface area contributed by atoms with Crippen molar-refractivity contribution in [1.82, 2.24) is 20.8 Å². The van der Waals surface area contributed by atoms with Crippen molar-refractivity contribution < 1.29 is 18.7 Å². The average Bonchev–Trinajstić information content (AvgIpc) is 3.06. The molecule has 0 bridgehead atoms. The van der Waals surface area contributed by atoms with Crippen molar-refractivity contribution in [2.45, 2.75) is 20.0 Å². The van der Waals surface area contributed by atoms with Crippen LogP contribution in [-0.4, -0.2) is 44.5 Å². The third-order valence-corrected chi connectivity index (χ3v) is 3.39. The molecule has 0 spiro atoms. The normalized spacial score (nSPS) is 10.7. The van der Waals surface area contributed by atoms with Gasteiger partial charge in [0.05, 0.1) is 27.9 Å². The third kappa shape index (κ3) is 5.64.